The van der Waals surface area contributed by atoms with Gasteiger partial charge in [0.05, 0.1) is 13.2 Å². The summed E-state index contributed by atoms with van der Waals surface area (Å²) < 4.78 is 5.37. The maximum atomic E-state index is 12.4. The van der Waals surface area contributed by atoms with E-state index in [1.807, 2.05) is 43.3 Å². The van der Waals surface area contributed by atoms with Gasteiger partial charge in [-0.1, -0.05) is 24.3 Å². The number of carbonyl (C=O) groups is 2. The van der Waals surface area contributed by atoms with Crippen molar-refractivity contribution in [2.24, 2.45) is 0 Å². The molecule has 27 heavy (non-hydrogen) atoms. The summed E-state index contributed by atoms with van der Waals surface area (Å²) in [5.74, 6) is -0.314. The zero-order valence-corrected chi connectivity index (χ0v) is 16.0. The lowest BCUT2D eigenvalue weighted by Crippen LogP contribution is -2.43. The summed E-state index contributed by atoms with van der Waals surface area (Å²) in [6.07, 6.45) is 0.333. The molecule has 0 saturated carbocycles. The van der Waals surface area contributed by atoms with Gasteiger partial charge in [0.2, 0.25) is 5.91 Å². The van der Waals surface area contributed by atoms with Crippen LogP contribution in [0, 0.1) is 6.92 Å². The number of morpholine rings is 1. The number of nitrogens with one attached hydrogen (secondary N) is 3. The maximum absolute atomic E-state index is 12.4. The Bertz CT molecular complexity index is 777. The number of halogens is 1. The summed E-state index contributed by atoms with van der Waals surface area (Å²) in [7, 11) is 0. The topological polar surface area (TPSA) is 79.5 Å². The van der Waals surface area contributed by atoms with Crippen molar-refractivity contribution in [1.82, 2.24) is 5.32 Å². The number of benzene rings is 2. The van der Waals surface area contributed by atoms with E-state index in [1.165, 1.54) is 0 Å². The molecule has 1 heterocycles. The molecule has 1 fully saturated rings. The molecule has 1 saturated heterocycles. The lowest BCUT2D eigenvalue weighted by molar-refractivity contribution is -0.117. The summed E-state index contributed by atoms with van der Waals surface area (Å²) in [6.45, 7) is 3.87. The molecule has 7 heteroatoms. The van der Waals surface area contributed by atoms with E-state index in [2.05, 4.69) is 16.0 Å². The molecule has 144 valence electrons. The number of rotatable bonds is 5. The van der Waals surface area contributed by atoms with Gasteiger partial charge in [-0.25, -0.2) is 0 Å². The quantitative estimate of drug-likeness (QED) is 0.734. The summed E-state index contributed by atoms with van der Waals surface area (Å²) in [4.78, 5) is 24.7. The molecule has 1 aliphatic rings. The first kappa shape index (κ1) is 20.9. The largest absolute Gasteiger partial charge is 0.378 e. The Morgan fingerprint density at radius 1 is 1.15 bits per heavy atom. The Kier molecular flexibility index (Phi) is 7.79. The Hall–Kier alpha value is -2.41. The molecule has 0 aliphatic carbocycles. The monoisotopic (exact) mass is 389 g/mol. The molecular weight excluding hydrogens is 366 g/mol. The zero-order valence-electron chi connectivity index (χ0n) is 15.2. The van der Waals surface area contributed by atoms with Crippen LogP contribution in [0.15, 0.2) is 48.5 Å². The van der Waals surface area contributed by atoms with Crippen LogP contribution in [0.2, 0.25) is 0 Å². The first-order chi connectivity index (χ1) is 12.6. The van der Waals surface area contributed by atoms with E-state index in [-0.39, 0.29) is 30.3 Å². The highest BCUT2D eigenvalue weighted by atomic mass is 35.5. The minimum absolute atomic E-state index is 0. The second-order valence-corrected chi connectivity index (χ2v) is 6.33. The van der Waals surface area contributed by atoms with Crippen LogP contribution in [0.25, 0.3) is 0 Å². The fourth-order valence-corrected chi connectivity index (χ4v) is 2.80. The number of anilines is 2. The molecule has 0 aromatic heterocycles. The summed E-state index contributed by atoms with van der Waals surface area (Å²) >= 11 is 0. The third kappa shape index (κ3) is 6.06. The van der Waals surface area contributed by atoms with Gasteiger partial charge in [-0.2, -0.15) is 0 Å². The predicted molar refractivity (Wildman–Crippen MR) is 109 cm³/mol. The second kappa shape index (κ2) is 10.1. The number of ether oxygens (including phenoxy) is 1. The van der Waals surface area contributed by atoms with Gasteiger partial charge in [-0.3, -0.25) is 9.59 Å². The van der Waals surface area contributed by atoms with Crippen LogP contribution in [0.4, 0.5) is 11.4 Å². The van der Waals surface area contributed by atoms with Crippen LogP contribution in [0.1, 0.15) is 22.3 Å². The first-order valence-corrected chi connectivity index (χ1v) is 8.70. The molecule has 0 radical (unpaired) electrons. The average molecular weight is 390 g/mol. The molecule has 1 atom stereocenters. The van der Waals surface area contributed by atoms with Crippen molar-refractivity contribution in [3.8, 4) is 0 Å². The molecule has 0 bridgehead atoms. The van der Waals surface area contributed by atoms with Crippen LogP contribution in [0.3, 0.4) is 0 Å². The van der Waals surface area contributed by atoms with E-state index < -0.39 is 0 Å². The number of hydrogen-bond acceptors (Lipinski definition) is 4. The third-order valence-electron chi connectivity index (χ3n) is 4.24. The molecule has 1 aliphatic heterocycles. The molecule has 6 nitrogen and oxygen atoms in total. The van der Waals surface area contributed by atoms with Crippen molar-refractivity contribution in [2.75, 3.05) is 30.4 Å². The minimum Gasteiger partial charge on any atom is -0.378 e. The van der Waals surface area contributed by atoms with E-state index in [1.54, 1.807) is 12.1 Å². The van der Waals surface area contributed by atoms with Crippen LogP contribution in [0.5, 0.6) is 0 Å². The fraction of sp³-hybridized carbons (Fsp3) is 0.300. The lowest BCUT2D eigenvalue weighted by Gasteiger charge is -2.23. The highest BCUT2D eigenvalue weighted by Crippen LogP contribution is 2.19. The van der Waals surface area contributed by atoms with Gasteiger partial charge in [0, 0.05) is 35.9 Å². The minimum atomic E-state index is -0.214. The van der Waals surface area contributed by atoms with E-state index in [9.17, 15) is 9.59 Å². The molecule has 2 aromatic rings. The standard InChI is InChI=1S/C20H23N3O3.ClH/c1-14-7-8-15(20(25)22-16-5-3-2-4-6-16)11-18(14)23-19(24)12-17-13-26-10-9-21-17;/h2-8,11,17,21H,9-10,12-13H2,1H3,(H,22,25)(H,23,24);1H. The van der Waals surface area contributed by atoms with Gasteiger partial charge in [-0.15, -0.1) is 12.4 Å². The smallest absolute Gasteiger partial charge is 0.255 e. The number of amides is 2. The van der Waals surface area contributed by atoms with E-state index in [0.29, 0.717) is 30.9 Å². The normalized spacial score (nSPS) is 16.1. The van der Waals surface area contributed by atoms with Gasteiger partial charge in [0.25, 0.3) is 5.91 Å². The van der Waals surface area contributed by atoms with Crippen LogP contribution in [-0.4, -0.2) is 37.6 Å². The molecule has 3 rings (SSSR count). The van der Waals surface area contributed by atoms with E-state index in [0.717, 1.165) is 17.8 Å². The first-order valence-electron chi connectivity index (χ1n) is 8.70. The highest BCUT2D eigenvalue weighted by molar-refractivity contribution is 6.05. The van der Waals surface area contributed by atoms with Crippen LogP contribution >= 0.6 is 12.4 Å². The van der Waals surface area contributed by atoms with E-state index in [4.69, 9.17) is 4.74 Å². The van der Waals surface area contributed by atoms with Crippen molar-refractivity contribution in [3.63, 3.8) is 0 Å². The zero-order chi connectivity index (χ0) is 18.4. The van der Waals surface area contributed by atoms with Crippen molar-refractivity contribution in [3.05, 3.63) is 59.7 Å². The van der Waals surface area contributed by atoms with Crippen molar-refractivity contribution in [2.45, 2.75) is 19.4 Å². The molecule has 2 amide bonds. The Labute approximate surface area is 165 Å². The highest BCUT2D eigenvalue weighted by Gasteiger charge is 2.18. The molecular formula is C20H24ClN3O3. The number of carbonyl (C=O) groups excluding carboxylic acids is 2. The Balaban J connectivity index is 0.00000261. The van der Waals surface area contributed by atoms with Crippen LogP contribution < -0.4 is 16.0 Å². The molecule has 3 N–H and O–H groups in total. The number of aryl methyl sites for hydroxylation is 1. The molecule has 0 spiro atoms. The third-order valence-corrected chi connectivity index (χ3v) is 4.24. The SMILES string of the molecule is Cc1ccc(C(=O)Nc2ccccc2)cc1NC(=O)CC1COCCN1.Cl. The van der Waals surface area contributed by atoms with Gasteiger partial charge in [-0.05, 0) is 36.8 Å². The number of para-hydroxylation sites is 1. The average Bonchev–Trinajstić information content (AvgIpc) is 2.65. The van der Waals surface area contributed by atoms with E-state index >= 15 is 0 Å². The van der Waals surface area contributed by atoms with Crippen molar-refractivity contribution >= 4 is 35.6 Å². The maximum Gasteiger partial charge on any atom is 0.255 e. The molecule has 1 unspecified atom stereocenters. The second-order valence-electron chi connectivity index (χ2n) is 6.33. The van der Waals surface area contributed by atoms with Gasteiger partial charge in [0.15, 0.2) is 0 Å². The Morgan fingerprint density at radius 3 is 2.63 bits per heavy atom. The van der Waals surface area contributed by atoms with Gasteiger partial charge in [0.1, 0.15) is 0 Å². The summed E-state index contributed by atoms with van der Waals surface area (Å²) in [5, 5.41) is 9.01. The van der Waals surface area contributed by atoms with Crippen molar-refractivity contribution in [1.29, 1.82) is 0 Å². The van der Waals surface area contributed by atoms with Crippen LogP contribution in [-0.2, 0) is 9.53 Å². The summed E-state index contributed by atoms with van der Waals surface area (Å²) in [6, 6.07) is 14.6. The molecule has 2 aromatic carbocycles. The Morgan fingerprint density at radius 2 is 1.93 bits per heavy atom. The summed E-state index contributed by atoms with van der Waals surface area (Å²) in [5.41, 5.74) is 2.77. The number of hydrogen-bond donors (Lipinski definition) is 3. The van der Waals surface area contributed by atoms with Crippen molar-refractivity contribution < 1.29 is 14.3 Å². The van der Waals surface area contributed by atoms with Gasteiger partial charge < -0.3 is 20.7 Å². The van der Waals surface area contributed by atoms with Gasteiger partial charge >= 0.3 is 0 Å². The lowest BCUT2D eigenvalue weighted by atomic mass is 10.1. The fourth-order valence-electron chi connectivity index (χ4n) is 2.80. The predicted octanol–water partition coefficient (Wildman–Crippen LogP) is 2.99.